The van der Waals surface area contributed by atoms with Crippen molar-refractivity contribution in [2.75, 3.05) is 11.5 Å². The van der Waals surface area contributed by atoms with Crippen LogP contribution < -0.4 is 11.5 Å². The molecule has 0 aliphatic heterocycles. The van der Waals surface area contributed by atoms with Crippen LogP contribution in [0.5, 0.6) is 0 Å². The third-order valence-corrected chi connectivity index (χ3v) is 1.15. The summed E-state index contributed by atoms with van der Waals surface area (Å²) in [4.78, 5) is 11.4. The first kappa shape index (κ1) is 7.46. The zero-order chi connectivity index (χ0) is 8.27. The van der Waals surface area contributed by atoms with Gasteiger partial charge in [0, 0.05) is 6.21 Å². The van der Waals surface area contributed by atoms with Crippen LogP contribution in [0.25, 0.3) is 0 Å². The first-order chi connectivity index (χ1) is 5.25. The Morgan fingerprint density at radius 1 is 1.45 bits per heavy atom. The molecule has 1 heterocycles. The Morgan fingerprint density at radius 3 is 2.82 bits per heavy atom. The molecule has 58 valence electrons. The standard InChI is InChI=1S/C6H9N5/c1-2-9-6-4(7)5(8)10-3-11-6/h2-3H,7H2,1H3,(H2,8,10,11)/b9-2-. The van der Waals surface area contributed by atoms with E-state index < -0.39 is 0 Å². The van der Waals surface area contributed by atoms with Gasteiger partial charge in [-0.2, -0.15) is 0 Å². The average Bonchev–Trinajstić information content (AvgIpc) is 1.99. The molecular formula is C6H9N5. The third kappa shape index (κ3) is 1.43. The van der Waals surface area contributed by atoms with Gasteiger partial charge < -0.3 is 11.5 Å². The molecule has 0 atom stereocenters. The van der Waals surface area contributed by atoms with Crippen molar-refractivity contribution in [3.63, 3.8) is 0 Å². The van der Waals surface area contributed by atoms with Crippen molar-refractivity contribution < 1.29 is 0 Å². The van der Waals surface area contributed by atoms with E-state index in [1.807, 2.05) is 0 Å². The van der Waals surface area contributed by atoms with Crippen LogP contribution in [-0.2, 0) is 0 Å². The van der Waals surface area contributed by atoms with Crippen LogP contribution in [0.3, 0.4) is 0 Å². The first-order valence-electron chi connectivity index (χ1n) is 3.10. The summed E-state index contributed by atoms with van der Waals surface area (Å²) >= 11 is 0. The van der Waals surface area contributed by atoms with E-state index >= 15 is 0 Å². The molecule has 0 saturated carbocycles. The number of hydrogen-bond donors (Lipinski definition) is 2. The number of nitrogens with two attached hydrogens (primary N) is 2. The summed E-state index contributed by atoms with van der Waals surface area (Å²) in [5, 5.41) is 0. The van der Waals surface area contributed by atoms with Gasteiger partial charge in [0.05, 0.1) is 0 Å². The quantitative estimate of drug-likeness (QED) is 0.567. The van der Waals surface area contributed by atoms with Crippen LogP contribution in [0.1, 0.15) is 6.92 Å². The maximum atomic E-state index is 5.50. The van der Waals surface area contributed by atoms with Crippen LogP contribution in [0.15, 0.2) is 11.3 Å². The number of nitrogen functional groups attached to an aromatic ring is 2. The lowest BCUT2D eigenvalue weighted by Gasteiger charge is -1.99. The van der Waals surface area contributed by atoms with Crippen molar-refractivity contribution in [3.8, 4) is 0 Å². The molecule has 1 aromatic rings. The van der Waals surface area contributed by atoms with Gasteiger partial charge in [0.15, 0.2) is 11.6 Å². The summed E-state index contributed by atoms with van der Waals surface area (Å²) in [6.45, 7) is 1.78. The van der Waals surface area contributed by atoms with Crippen LogP contribution in [0.4, 0.5) is 17.3 Å². The lowest BCUT2D eigenvalue weighted by Crippen LogP contribution is -1.98. The minimum Gasteiger partial charge on any atom is -0.393 e. The Morgan fingerprint density at radius 2 is 2.18 bits per heavy atom. The van der Waals surface area contributed by atoms with Gasteiger partial charge in [-0.25, -0.2) is 15.0 Å². The zero-order valence-electron chi connectivity index (χ0n) is 6.15. The second-order valence-corrected chi connectivity index (χ2v) is 1.88. The van der Waals surface area contributed by atoms with Gasteiger partial charge >= 0.3 is 0 Å². The van der Waals surface area contributed by atoms with Crippen molar-refractivity contribution in [1.82, 2.24) is 9.97 Å². The summed E-state index contributed by atoms with van der Waals surface area (Å²) in [7, 11) is 0. The fraction of sp³-hybridized carbons (Fsp3) is 0.167. The molecule has 5 nitrogen and oxygen atoms in total. The highest BCUT2D eigenvalue weighted by Crippen LogP contribution is 2.21. The van der Waals surface area contributed by atoms with Crippen LogP contribution in [0, 0.1) is 0 Å². The molecule has 5 heteroatoms. The Bertz CT molecular complexity index is 280. The minimum atomic E-state index is 0.264. The third-order valence-electron chi connectivity index (χ3n) is 1.15. The molecule has 0 saturated heterocycles. The van der Waals surface area contributed by atoms with Gasteiger partial charge in [-0.3, -0.25) is 0 Å². The molecule has 0 amide bonds. The Kier molecular flexibility index (Phi) is 2.00. The molecule has 0 fully saturated rings. The molecule has 0 spiro atoms. The number of hydrogen-bond acceptors (Lipinski definition) is 5. The highest BCUT2D eigenvalue weighted by molar-refractivity contribution is 5.73. The van der Waals surface area contributed by atoms with Crippen molar-refractivity contribution in [3.05, 3.63) is 6.33 Å². The second-order valence-electron chi connectivity index (χ2n) is 1.88. The fourth-order valence-electron chi connectivity index (χ4n) is 0.625. The first-order valence-corrected chi connectivity index (χ1v) is 3.10. The van der Waals surface area contributed by atoms with Crippen molar-refractivity contribution >= 4 is 23.5 Å². The zero-order valence-corrected chi connectivity index (χ0v) is 6.15. The normalized spacial score (nSPS) is 10.6. The van der Waals surface area contributed by atoms with E-state index in [1.54, 1.807) is 13.1 Å². The fourth-order valence-corrected chi connectivity index (χ4v) is 0.625. The molecule has 0 bridgehead atoms. The van der Waals surface area contributed by atoms with Gasteiger partial charge in [0.1, 0.15) is 12.0 Å². The number of anilines is 2. The molecule has 1 aromatic heterocycles. The van der Waals surface area contributed by atoms with Crippen molar-refractivity contribution in [1.29, 1.82) is 0 Å². The van der Waals surface area contributed by atoms with Crippen molar-refractivity contribution in [2.45, 2.75) is 6.92 Å². The largest absolute Gasteiger partial charge is 0.393 e. The maximum Gasteiger partial charge on any atom is 0.180 e. The topological polar surface area (TPSA) is 90.2 Å². The molecule has 4 N–H and O–H groups in total. The van der Waals surface area contributed by atoms with Crippen LogP contribution >= 0.6 is 0 Å². The minimum absolute atomic E-state index is 0.264. The Hall–Kier alpha value is -1.65. The number of nitrogens with zero attached hydrogens (tertiary/aromatic N) is 3. The molecule has 0 aliphatic rings. The van der Waals surface area contributed by atoms with Crippen molar-refractivity contribution in [2.24, 2.45) is 4.99 Å². The predicted molar refractivity (Wildman–Crippen MR) is 44.7 cm³/mol. The number of aliphatic imine (C=N–C) groups is 1. The molecule has 11 heavy (non-hydrogen) atoms. The molecule has 0 aliphatic carbocycles. The summed E-state index contributed by atoms with van der Waals surface area (Å²) < 4.78 is 0. The summed E-state index contributed by atoms with van der Waals surface area (Å²) in [6, 6.07) is 0. The lowest BCUT2D eigenvalue weighted by atomic mass is 10.4. The van der Waals surface area contributed by atoms with Crippen LogP contribution in [-0.4, -0.2) is 16.2 Å². The van der Waals surface area contributed by atoms with E-state index in [0.29, 0.717) is 11.5 Å². The van der Waals surface area contributed by atoms with E-state index in [4.69, 9.17) is 11.5 Å². The highest BCUT2D eigenvalue weighted by atomic mass is 15.0. The van der Waals surface area contributed by atoms with Gasteiger partial charge in [0.2, 0.25) is 0 Å². The van der Waals surface area contributed by atoms with E-state index in [2.05, 4.69) is 15.0 Å². The monoisotopic (exact) mass is 151 g/mol. The van der Waals surface area contributed by atoms with E-state index in [-0.39, 0.29) is 5.82 Å². The van der Waals surface area contributed by atoms with Gasteiger partial charge in [0.25, 0.3) is 0 Å². The Balaban J connectivity index is 3.16. The van der Waals surface area contributed by atoms with Gasteiger partial charge in [-0.05, 0) is 6.92 Å². The van der Waals surface area contributed by atoms with E-state index in [9.17, 15) is 0 Å². The lowest BCUT2D eigenvalue weighted by molar-refractivity contribution is 1.16. The number of rotatable bonds is 1. The van der Waals surface area contributed by atoms with Gasteiger partial charge in [-0.15, -0.1) is 0 Å². The molecule has 0 unspecified atom stereocenters. The highest BCUT2D eigenvalue weighted by Gasteiger charge is 2.00. The number of aromatic nitrogens is 2. The van der Waals surface area contributed by atoms with Gasteiger partial charge in [-0.1, -0.05) is 0 Å². The average molecular weight is 151 g/mol. The predicted octanol–water partition coefficient (Wildman–Crippen LogP) is 0.363. The maximum absolute atomic E-state index is 5.50. The molecule has 1 rings (SSSR count). The smallest absolute Gasteiger partial charge is 0.180 e. The molecule has 0 radical (unpaired) electrons. The van der Waals surface area contributed by atoms with Crippen LogP contribution in [0.2, 0.25) is 0 Å². The van der Waals surface area contributed by atoms with E-state index in [0.717, 1.165) is 0 Å². The Labute approximate surface area is 64.2 Å². The molecular weight excluding hydrogens is 142 g/mol. The molecule has 0 aromatic carbocycles. The summed E-state index contributed by atoms with van der Waals surface area (Å²) in [5.74, 6) is 0.681. The second kappa shape index (κ2) is 2.96. The van der Waals surface area contributed by atoms with E-state index in [1.165, 1.54) is 6.33 Å². The summed E-state index contributed by atoms with van der Waals surface area (Å²) in [5.41, 5.74) is 11.2. The SMILES string of the molecule is C/C=N\c1ncnc(N)c1N. The summed E-state index contributed by atoms with van der Waals surface area (Å²) in [6.07, 6.45) is 2.92.